The van der Waals surface area contributed by atoms with Gasteiger partial charge in [0.25, 0.3) is 5.54 Å². The third-order valence-electron chi connectivity index (χ3n) is 5.29. The smallest absolute Gasteiger partial charge is 0.346 e. The summed E-state index contributed by atoms with van der Waals surface area (Å²) in [6.07, 6.45) is 1.19. The van der Waals surface area contributed by atoms with Crippen molar-refractivity contribution < 1.29 is 23.4 Å². The summed E-state index contributed by atoms with van der Waals surface area (Å²) in [5.74, 6) is 0.0448. The van der Waals surface area contributed by atoms with Crippen LogP contribution in [0.15, 0.2) is 21.6 Å². The van der Waals surface area contributed by atoms with Gasteiger partial charge in [-0.15, -0.1) is 0 Å². The summed E-state index contributed by atoms with van der Waals surface area (Å²) in [7, 11) is -2.30. The van der Waals surface area contributed by atoms with Crippen molar-refractivity contribution in [1.29, 1.82) is 0 Å². The van der Waals surface area contributed by atoms with Crippen LogP contribution in [0.3, 0.4) is 0 Å². The fourth-order valence-corrected chi connectivity index (χ4v) is 4.02. The van der Waals surface area contributed by atoms with Crippen molar-refractivity contribution in [2.24, 2.45) is 9.98 Å². The lowest BCUT2D eigenvalue weighted by atomic mass is 9.90. The number of nitrogens with zero attached hydrogens (tertiary/aromatic N) is 2. The van der Waals surface area contributed by atoms with E-state index in [2.05, 4.69) is 38.9 Å². The van der Waals surface area contributed by atoms with Crippen LogP contribution in [0, 0.1) is 0 Å². The number of rotatable bonds is 8. The SMILES string of the molecule is CCOC(=O)[C@@]1([C@@H](C=C(C)C)O[Si](C)(C)C(C)(C)C)N=C(OCC)CN=C1OCC. The van der Waals surface area contributed by atoms with Gasteiger partial charge in [0.05, 0.1) is 19.8 Å². The summed E-state index contributed by atoms with van der Waals surface area (Å²) in [6.45, 7) is 21.4. The van der Waals surface area contributed by atoms with E-state index in [1.54, 1.807) is 6.92 Å². The van der Waals surface area contributed by atoms with E-state index in [1.165, 1.54) is 0 Å². The Bertz CT molecular complexity index is 690. The Morgan fingerprint density at radius 3 is 2.20 bits per heavy atom. The third kappa shape index (κ3) is 5.94. The van der Waals surface area contributed by atoms with Crippen LogP contribution >= 0.6 is 0 Å². The average molecular weight is 441 g/mol. The van der Waals surface area contributed by atoms with Crippen LogP contribution in [0.1, 0.15) is 55.4 Å². The van der Waals surface area contributed by atoms with Gasteiger partial charge in [0.2, 0.25) is 11.8 Å². The molecule has 1 aliphatic heterocycles. The molecule has 0 unspecified atom stereocenters. The molecule has 0 aromatic heterocycles. The molecule has 0 bridgehead atoms. The van der Waals surface area contributed by atoms with Gasteiger partial charge < -0.3 is 18.6 Å². The molecule has 0 spiro atoms. The van der Waals surface area contributed by atoms with Crippen molar-refractivity contribution in [1.82, 2.24) is 0 Å². The van der Waals surface area contributed by atoms with Gasteiger partial charge in [0.15, 0.2) is 8.32 Å². The first-order valence-corrected chi connectivity index (χ1v) is 13.7. The average Bonchev–Trinajstić information content (AvgIpc) is 2.61. The molecular formula is C22H40N2O5Si. The van der Waals surface area contributed by atoms with Gasteiger partial charge in [0, 0.05) is 0 Å². The predicted octanol–water partition coefficient (Wildman–Crippen LogP) is 4.53. The molecule has 2 atom stereocenters. The van der Waals surface area contributed by atoms with Crippen molar-refractivity contribution in [3.63, 3.8) is 0 Å². The molecule has 0 aromatic carbocycles. The Labute approximate surface area is 183 Å². The Hall–Kier alpha value is -1.67. The lowest BCUT2D eigenvalue weighted by molar-refractivity contribution is -0.149. The van der Waals surface area contributed by atoms with Crippen LogP contribution in [0.2, 0.25) is 18.1 Å². The van der Waals surface area contributed by atoms with Crippen molar-refractivity contribution >= 4 is 26.1 Å². The fraction of sp³-hybridized carbons (Fsp3) is 0.773. The summed E-state index contributed by atoms with van der Waals surface area (Å²) in [5.41, 5.74) is -0.585. The highest BCUT2D eigenvalue weighted by Gasteiger charge is 2.57. The van der Waals surface area contributed by atoms with E-state index < -0.39 is 25.9 Å². The topological polar surface area (TPSA) is 78.7 Å². The van der Waals surface area contributed by atoms with Gasteiger partial charge in [-0.25, -0.2) is 14.8 Å². The normalized spacial score (nSPS) is 20.6. The van der Waals surface area contributed by atoms with Crippen molar-refractivity contribution in [2.75, 3.05) is 26.4 Å². The van der Waals surface area contributed by atoms with Crippen LogP contribution in [-0.4, -0.2) is 64.1 Å². The molecule has 1 heterocycles. The molecule has 172 valence electrons. The maximum Gasteiger partial charge on any atom is 0.346 e. The van der Waals surface area contributed by atoms with Crippen LogP contribution in [0.25, 0.3) is 0 Å². The number of ether oxygens (including phenoxy) is 3. The Morgan fingerprint density at radius 2 is 1.73 bits per heavy atom. The number of carbonyl (C=O) groups is 1. The third-order valence-corrected chi connectivity index (χ3v) is 9.74. The van der Waals surface area contributed by atoms with Gasteiger partial charge in [-0.3, -0.25) is 0 Å². The summed E-state index contributed by atoms with van der Waals surface area (Å²) < 4.78 is 23.8. The molecule has 8 heteroatoms. The summed E-state index contributed by atoms with van der Waals surface area (Å²) in [5, 5.41) is -0.0688. The molecule has 1 rings (SSSR count). The fourth-order valence-electron chi connectivity index (χ4n) is 2.79. The van der Waals surface area contributed by atoms with Gasteiger partial charge in [-0.05, 0) is 52.8 Å². The predicted molar refractivity (Wildman–Crippen MR) is 124 cm³/mol. The largest absolute Gasteiger partial charge is 0.480 e. The first kappa shape index (κ1) is 26.4. The first-order valence-electron chi connectivity index (χ1n) is 10.7. The standard InChI is InChI=1S/C22H40N2O5Si/c1-11-26-18-15-23-19(27-12-2)22(24-18,20(25)28-13-3)17(14-16(4)5)29-30(9,10)21(6,7)8/h14,17H,11-13,15H2,1-10H3/t17-,22+/m1/s1. The molecule has 0 N–H and O–H groups in total. The molecule has 0 aliphatic carbocycles. The Kier molecular flexibility index (Phi) is 9.29. The summed E-state index contributed by atoms with van der Waals surface area (Å²) >= 11 is 0. The maximum atomic E-state index is 13.5. The van der Waals surface area contributed by atoms with Gasteiger partial charge in [-0.1, -0.05) is 32.4 Å². The lowest BCUT2D eigenvalue weighted by Crippen LogP contribution is -2.61. The monoisotopic (exact) mass is 440 g/mol. The lowest BCUT2D eigenvalue weighted by Gasteiger charge is -2.43. The number of hydrogen-bond acceptors (Lipinski definition) is 7. The highest BCUT2D eigenvalue weighted by Crippen LogP contribution is 2.40. The second kappa shape index (κ2) is 10.6. The Balaban J connectivity index is 3.77. The van der Waals surface area contributed by atoms with E-state index in [9.17, 15) is 4.79 Å². The van der Waals surface area contributed by atoms with E-state index in [4.69, 9.17) is 23.6 Å². The quantitative estimate of drug-likeness (QED) is 0.315. The molecule has 0 radical (unpaired) electrons. The number of hydrogen-bond donors (Lipinski definition) is 0. The zero-order valence-electron chi connectivity index (χ0n) is 20.4. The highest BCUT2D eigenvalue weighted by atomic mass is 28.4. The minimum atomic E-state index is -2.30. The molecule has 0 aromatic rings. The van der Waals surface area contributed by atoms with Crippen molar-refractivity contribution in [3.8, 4) is 0 Å². The minimum Gasteiger partial charge on any atom is -0.480 e. The first-order chi connectivity index (χ1) is 13.9. The van der Waals surface area contributed by atoms with Crippen LogP contribution in [0.4, 0.5) is 0 Å². The van der Waals surface area contributed by atoms with Gasteiger partial charge in [0.1, 0.15) is 12.6 Å². The van der Waals surface area contributed by atoms with E-state index in [0.717, 1.165) is 5.57 Å². The van der Waals surface area contributed by atoms with Gasteiger partial charge in [-0.2, -0.15) is 0 Å². The van der Waals surface area contributed by atoms with Crippen molar-refractivity contribution in [3.05, 3.63) is 11.6 Å². The number of aliphatic imine (C=N–C) groups is 2. The second-order valence-electron chi connectivity index (χ2n) is 9.02. The molecule has 30 heavy (non-hydrogen) atoms. The highest BCUT2D eigenvalue weighted by molar-refractivity contribution is 6.74. The van der Waals surface area contributed by atoms with E-state index >= 15 is 0 Å². The van der Waals surface area contributed by atoms with Crippen LogP contribution < -0.4 is 0 Å². The summed E-state index contributed by atoms with van der Waals surface area (Å²) in [4.78, 5) is 22.8. The van der Waals surface area contributed by atoms with Crippen LogP contribution in [-0.2, 0) is 23.4 Å². The van der Waals surface area contributed by atoms with E-state index in [-0.39, 0.29) is 24.1 Å². The number of allylic oxidation sites excluding steroid dienone is 1. The zero-order chi connectivity index (χ0) is 23.2. The molecule has 7 nitrogen and oxygen atoms in total. The minimum absolute atomic E-state index is 0.0688. The molecule has 1 aliphatic rings. The second-order valence-corrected chi connectivity index (χ2v) is 13.8. The molecular weight excluding hydrogens is 400 g/mol. The Morgan fingerprint density at radius 1 is 1.13 bits per heavy atom. The molecule has 0 amide bonds. The zero-order valence-corrected chi connectivity index (χ0v) is 21.4. The molecule has 0 fully saturated rings. The number of esters is 1. The van der Waals surface area contributed by atoms with Crippen molar-refractivity contribution in [2.45, 2.75) is 85.2 Å². The maximum absolute atomic E-state index is 13.5. The van der Waals surface area contributed by atoms with Gasteiger partial charge >= 0.3 is 5.97 Å². The number of carbonyl (C=O) groups excluding carboxylic acids is 1. The molecule has 0 saturated carbocycles. The van der Waals surface area contributed by atoms with Crippen LogP contribution in [0.5, 0.6) is 0 Å². The molecule has 0 saturated heterocycles. The van der Waals surface area contributed by atoms with E-state index in [1.807, 2.05) is 33.8 Å². The van der Waals surface area contributed by atoms with E-state index in [0.29, 0.717) is 19.1 Å². The summed E-state index contributed by atoms with van der Waals surface area (Å²) in [6, 6.07) is 0.